The first-order chi connectivity index (χ1) is 5.31. The van der Waals surface area contributed by atoms with Crippen LogP contribution >= 0.6 is 11.6 Å². The van der Waals surface area contributed by atoms with Gasteiger partial charge in [0.15, 0.2) is 0 Å². The minimum atomic E-state index is 0.283. The Bertz CT molecular complexity index is 136. The summed E-state index contributed by atoms with van der Waals surface area (Å²) in [4.78, 5) is 3.82. The van der Waals surface area contributed by atoms with Crippen molar-refractivity contribution in [1.29, 1.82) is 0 Å². The van der Waals surface area contributed by atoms with Crippen LogP contribution in [0.3, 0.4) is 0 Å². The lowest BCUT2D eigenvalue weighted by Crippen LogP contribution is -2.04. The molecule has 0 aromatic heterocycles. The van der Waals surface area contributed by atoms with Crippen LogP contribution in [-0.2, 0) is 4.74 Å². The highest BCUT2D eigenvalue weighted by molar-refractivity contribution is 6.68. The molecule has 0 heterocycles. The van der Waals surface area contributed by atoms with E-state index < -0.39 is 0 Å². The van der Waals surface area contributed by atoms with Crippen LogP contribution < -0.4 is 5.73 Å². The van der Waals surface area contributed by atoms with E-state index in [2.05, 4.69) is 11.6 Å². The number of rotatable bonds is 6. The van der Waals surface area contributed by atoms with Crippen molar-refractivity contribution >= 4 is 16.8 Å². The first kappa shape index (κ1) is 10.6. The maximum atomic E-state index is 5.51. The molecular formula is C7H13ClN2O. The summed E-state index contributed by atoms with van der Waals surface area (Å²) >= 11 is 5.51. The van der Waals surface area contributed by atoms with Crippen LogP contribution in [0.4, 0.5) is 0 Å². The van der Waals surface area contributed by atoms with Gasteiger partial charge in [-0.05, 0) is 19.0 Å². The maximum Gasteiger partial charge on any atom is 0.139 e. The van der Waals surface area contributed by atoms with Gasteiger partial charge < -0.3 is 10.5 Å². The zero-order valence-corrected chi connectivity index (χ0v) is 7.18. The maximum absolute atomic E-state index is 5.51. The van der Waals surface area contributed by atoms with Crippen molar-refractivity contribution in [3.05, 3.63) is 12.7 Å². The molecule has 64 valence electrons. The van der Waals surface area contributed by atoms with Gasteiger partial charge in [-0.15, -0.1) is 0 Å². The second-order valence-corrected chi connectivity index (χ2v) is 2.25. The first-order valence-corrected chi connectivity index (χ1v) is 3.79. The lowest BCUT2D eigenvalue weighted by atomic mass is 10.5. The molecule has 0 bridgehead atoms. The van der Waals surface area contributed by atoms with Crippen LogP contribution in [0.5, 0.6) is 0 Å². The molecule has 0 rings (SSSR count). The van der Waals surface area contributed by atoms with E-state index in [0.29, 0.717) is 18.3 Å². The average molecular weight is 177 g/mol. The zero-order chi connectivity index (χ0) is 8.53. The molecule has 0 spiro atoms. The quantitative estimate of drug-likeness (QED) is 0.487. The topological polar surface area (TPSA) is 47.6 Å². The van der Waals surface area contributed by atoms with E-state index in [-0.39, 0.29) is 6.73 Å². The molecule has 3 nitrogen and oxygen atoms in total. The Kier molecular flexibility index (Phi) is 7.46. The lowest BCUT2D eigenvalue weighted by molar-refractivity contribution is 0.141. The van der Waals surface area contributed by atoms with Crippen molar-refractivity contribution in [3.63, 3.8) is 0 Å². The number of hydrogen-bond acceptors (Lipinski definition) is 3. The van der Waals surface area contributed by atoms with Gasteiger partial charge in [0.2, 0.25) is 0 Å². The monoisotopic (exact) mass is 176 g/mol. The summed E-state index contributed by atoms with van der Waals surface area (Å²) in [7, 11) is 0. The van der Waals surface area contributed by atoms with Gasteiger partial charge in [-0.25, -0.2) is 4.99 Å². The van der Waals surface area contributed by atoms with Crippen LogP contribution in [0.2, 0.25) is 0 Å². The fourth-order valence-electron chi connectivity index (χ4n) is 0.422. The molecule has 0 radical (unpaired) electrons. The Morgan fingerprint density at radius 3 is 3.00 bits per heavy atom. The van der Waals surface area contributed by atoms with E-state index in [1.54, 1.807) is 0 Å². The Morgan fingerprint density at radius 1 is 1.73 bits per heavy atom. The molecule has 11 heavy (non-hydrogen) atoms. The third-order valence-corrected chi connectivity index (χ3v) is 1.24. The van der Waals surface area contributed by atoms with Crippen molar-refractivity contribution in [1.82, 2.24) is 0 Å². The summed E-state index contributed by atoms with van der Waals surface area (Å²) in [6, 6.07) is 0. The van der Waals surface area contributed by atoms with Crippen LogP contribution in [0.15, 0.2) is 17.6 Å². The van der Waals surface area contributed by atoms with Gasteiger partial charge in [0.1, 0.15) is 11.9 Å². The molecule has 2 N–H and O–H groups in total. The second kappa shape index (κ2) is 7.72. The molecule has 0 saturated heterocycles. The minimum Gasteiger partial charge on any atom is -0.359 e. The van der Waals surface area contributed by atoms with Gasteiger partial charge in [0, 0.05) is 0 Å². The number of halogens is 1. The van der Waals surface area contributed by atoms with E-state index in [0.717, 1.165) is 6.42 Å². The Morgan fingerprint density at radius 2 is 2.45 bits per heavy atom. The third kappa shape index (κ3) is 7.52. The first-order valence-electron chi connectivity index (χ1n) is 3.41. The number of nitrogens with zero attached hydrogens (tertiary/aromatic N) is 1. The fourth-order valence-corrected chi connectivity index (χ4v) is 0.471. The Balaban J connectivity index is 3.19. The van der Waals surface area contributed by atoms with Crippen LogP contribution in [0.1, 0.15) is 6.42 Å². The molecule has 0 aromatic rings. The molecular weight excluding hydrogens is 164 g/mol. The third-order valence-electron chi connectivity index (χ3n) is 0.968. The van der Waals surface area contributed by atoms with E-state index in [1.807, 2.05) is 0 Å². The molecule has 0 unspecified atom stereocenters. The van der Waals surface area contributed by atoms with Gasteiger partial charge >= 0.3 is 0 Å². The summed E-state index contributed by atoms with van der Waals surface area (Å²) in [5, 5.41) is 0.373. The molecule has 0 amide bonds. The molecule has 4 heteroatoms. The highest BCUT2D eigenvalue weighted by Gasteiger charge is 1.85. The fraction of sp³-hybridized carbons (Fsp3) is 0.571. The molecule has 0 fully saturated rings. The summed E-state index contributed by atoms with van der Waals surface area (Å²) < 4.78 is 5.05. The van der Waals surface area contributed by atoms with Crippen molar-refractivity contribution in [2.24, 2.45) is 10.7 Å². The molecule has 0 saturated carbocycles. The highest BCUT2D eigenvalue weighted by Crippen LogP contribution is 1.88. The summed E-state index contributed by atoms with van der Waals surface area (Å²) in [6.45, 7) is 4.98. The van der Waals surface area contributed by atoms with E-state index >= 15 is 0 Å². The average Bonchev–Trinajstić information content (AvgIpc) is 2.04. The SMILES string of the molecule is C=C/C(Cl)=N\COCCCN. The van der Waals surface area contributed by atoms with Crippen molar-refractivity contribution in [3.8, 4) is 0 Å². The van der Waals surface area contributed by atoms with Crippen molar-refractivity contribution in [2.75, 3.05) is 19.9 Å². The number of hydrogen-bond donors (Lipinski definition) is 1. The van der Waals surface area contributed by atoms with E-state index in [4.69, 9.17) is 22.1 Å². The van der Waals surface area contributed by atoms with Gasteiger partial charge in [0.05, 0.1) is 6.61 Å². The predicted molar refractivity (Wildman–Crippen MR) is 48.0 cm³/mol. The normalized spacial score (nSPS) is 11.6. The van der Waals surface area contributed by atoms with Gasteiger partial charge in [-0.3, -0.25) is 0 Å². The summed E-state index contributed by atoms with van der Waals surface area (Å²) in [6.07, 6.45) is 2.31. The van der Waals surface area contributed by atoms with E-state index in [9.17, 15) is 0 Å². The van der Waals surface area contributed by atoms with Crippen molar-refractivity contribution < 1.29 is 4.74 Å². The number of allylic oxidation sites excluding steroid dienone is 1. The minimum absolute atomic E-state index is 0.283. The number of aliphatic imine (C=N–C) groups is 1. The Labute approximate surface area is 71.9 Å². The molecule has 0 aliphatic carbocycles. The van der Waals surface area contributed by atoms with Gasteiger partial charge in [0.25, 0.3) is 0 Å². The number of nitrogens with two attached hydrogens (primary N) is 1. The predicted octanol–water partition coefficient (Wildman–Crippen LogP) is 1.13. The summed E-state index contributed by atoms with van der Waals surface area (Å²) in [5.74, 6) is 0. The highest BCUT2D eigenvalue weighted by atomic mass is 35.5. The smallest absolute Gasteiger partial charge is 0.139 e. The molecule has 0 aliphatic heterocycles. The lowest BCUT2D eigenvalue weighted by Gasteiger charge is -1.97. The molecule has 0 aliphatic rings. The zero-order valence-electron chi connectivity index (χ0n) is 6.42. The van der Waals surface area contributed by atoms with E-state index in [1.165, 1.54) is 6.08 Å². The second-order valence-electron chi connectivity index (χ2n) is 1.86. The molecule has 0 atom stereocenters. The standard InChI is InChI=1S/C7H13ClN2O/c1-2-7(8)10-6-11-5-3-4-9/h2H,1,3-6,9H2/b10-7+. The summed E-state index contributed by atoms with van der Waals surface area (Å²) in [5.41, 5.74) is 5.24. The number of ether oxygens (including phenoxy) is 1. The largest absolute Gasteiger partial charge is 0.359 e. The Hall–Kier alpha value is -0.380. The van der Waals surface area contributed by atoms with Crippen LogP contribution in [0, 0.1) is 0 Å². The molecule has 0 aromatic carbocycles. The van der Waals surface area contributed by atoms with Gasteiger partial charge in [-0.1, -0.05) is 18.2 Å². The van der Waals surface area contributed by atoms with Crippen LogP contribution in [-0.4, -0.2) is 25.1 Å². The van der Waals surface area contributed by atoms with Crippen LogP contribution in [0.25, 0.3) is 0 Å². The van der Waals surface area contributed by atoms with Crippen molar-refractivity contribution in [2.45, 2.75) is 6.42 Å². The van der Waals surface area contributed by atoms with Gasteiger partial charge in [-0.2, -0.15) is 0 Å².